The van der Waals surface area contributed by atoms with Gasteiger partial charge in [0.05, 0.1) is 26.5 Å². The average molecular weight is 318 g/mol. The molecule has 7 heteroatoms. The number of methoxy groups -OCH3 is 3. The van der Waals surface area contributed by atoms with Crippen molar-refractivity contribution in [1.82, 2.24) is 9.97 Å². The standard InChI is InChI=1S/C16H22N4O3/c1-11-18-15(17-7-8-21-2)10-16(19-11)20-13-9-12(22-3)5-6-14(13)23-4/h5-6,9-10H,7-8H2,1-4H3,(H2,17,18,19,20). The Bertz CT molecular complexity index is 649. The number of hydrogen-bond donors (Lipinski definition) is 2. The summed E-state index contributed by atoms with van der Waals surface area (Å²) in [6.45, 7) is 3.12. The van der Waals surface area contributed by atoms with Crippen molar-refractivity contribution in [3.63, 3.8) is 0 Å². The normalized spacial score (nSPS) is 10.3. The van der Waals surface area contributed by atoms with Crippen molar-refractivity contribution < 1.29 is 14.2 Å². The van der Waals surface area contributed by atoms with E-state index in [1.807, 2.05) is 31.2 Å². The van der Waals surface area contributed by atoms with Crippen LogP contribution in [0.3, 0.4) is 0 Å². The van der Waals surface area contributed by atoms with Crippen LogP contribution in [0.15, 0.2) is 24.3 Å². The molecule has 0 fully saturated rings. The molecule has 1 aromatic heterocycles. The first-order valence-electron chi connectivity index (χ1n) is 7.24. The summed E-state index contributed by atoms with van der Waals surface area (Å²) in [6, 6.07) is 7.37. The number of ether oxygens (including phenoxy) is 3. The summed E-state index contributed by atoms with van der Waals surface area (Å²) in [5.41, 5.74) is 0.771. The molecule has 0 amide bonds. The van der Waals surface area contributed by atoms with Gasteiger partial charge in [-0.3, -0.25) is 0 Å². The van der Waals surface area contributed by atoms with Crippen molar-refractivity contribution in [1.29, 1.82) is 0 Å². The molecule has 0 saturated carbocycles. The molecule has 0 saturated heterocycles. The molecule has 1 aromatic carbocycles. The molecule has 0 unspecified atom stereocenters. The number of benzene rings is 1. The maximum Gasteiger partial charge on any atom is 0.142 e. The first-order chi connectivity index (χ1) is 11.2. The third kappa shape index (κ3) is 4.72. The molecule has 2 N–H and O–H groups in total. The number of nitrogens with zero attached hydrogens (tertiary/aromatic N) is 2. The number of nitrogens with one attached hydrogen (secondary N) is 2. The van der Waals surface area contributed by atoms with E-state index in [4.69, 9.17) is 14.2 Å². The lowest BCUT2D eigenvalue weighted by Crippen LogP contribution is -2.10. The fourth-order valence-corrected chi connectivity index (χ4v) is 2.05. The minimum atomic E-state index is 0.607. The van der Waals surface area contributed by atoms with Gasteiger partial charge in [0.2, 0.25) is 0 Å². The Labute approximate surface area is 136 Å². The van der Waals surface area contributed by atoms with Crippen molar-refractivity contribution in [3.8, 4) is 11.5 Å². The van der Waals surface area contributed by atoms with Gasteiger partial charge in [-0.15, -0.1) is 0 Å². The van der Waals surface area contributed by atoms with E-state index in [0.717, 1.165) is 17.3 Å². The van der Waals surface area contributed by atoms with E-state index in [0.29, 0.717) is 30.5 Å². The van der Waals surface area contributed by atoms with E-state index in [9.17, 15) is 0 Å². The maximum absolute atomic E-state index is 5.36. The predicted octanol–water partition coefficient (Wildman–Crippen LogP) is 2.60. The fraction of sp³-hybridized carbons (Fsp3) is 0.375. The fourth-order valence-electron chi connectivity index (χ4n) is 2.05. The highest BCUT2D eigenvalue weighted by molar-refractivity contribution is 5.67. The summed E-state index contributed by atoms with van der Waals surface area (Å²) in [4.78, 5) is 8.75. The molecular formula is C16H22N4O3. The van der Waals surface area contributed by atoms with Crippen LogP contribution in [0.2, 0.25) is 0 Å². The van der Waals surface area contributed by atoms with Crippen LogP contribution >= 0.6 is 0 Å². The molecule has 1 heterocycles. The van der Waals surface area contributed by atoms with Gasteiger partial charge >= 0.3 is 0 Å². The lowest BCUT2D eigenvalue weighted by Gasteiger charge is -2.13. The van der Waals surface area contributed by atoms with Crippen LogP contribution in [0.1, 0.15) is 5.82 Å². The highest BCUT2D eigenvalue weighted by Gasteiger charge is 2.08. The molecule has 0 spiro atoms. The molecule has 0 aliphatic heterocycles. The Hall–Kier alpha value is -2.54. The molecule has 0 aliphatic rings. The molecule has 2 aromatic rings. The van der Waals surface area contributed by atoms with Crippen molar-refractivity contribution in [2.75, 3.05) is 45.1 Å². The van der Waals surface area contributed by atoms with Gasteiger partial charge < -0.3 is 24.8 Å². The first kappa shape index (κ1) is 16.8. The summed E-state index contributed by atoms with van der Waals surface area (Å²) in [6.07, 6.45) is 0. The Morgan fingerprint density at radius 3 is 2.48 bits per heavy atom. The summed E-state index contributed by atoms with van der Waals surface area (Å²) >= 11 is 0. The Morgan fingerprint density at radius 1 is 1.00 bits per heavy atom. The van der Waals surface area contributed by atoms with E-state index >= 15 is 0 Å². The van der Waals surface area contributed by atoms with Crippen LogP contribution in [0, 0.1) is 6.92 Å². The second kappa shape index (κ2) is 8.19. The van der Waals surface area contributed by atoms with Gasteiger partial charge in [0.25, 0.3) is 0 Å². The van der Waals surface area contributed by atoms with Crippen LogP contribution in [-0.4, -0.2) is 44.4 Å². The van der Waals surface area contributed by atoms with Crippen molar-refractivity contribution in [2.45, 2.75) is 6.92 Å². The molecule has 7 nitrogen and oxygen atoms in total. The minimum Gasteiger partial charge on any atom is -0.497 e. The van der Waals surface area contributed by atoms with Gasteiger partial charge in [-0.1, -0.05) is 0 Å². The smallest absolute Gasteiger partial charge is 0.142 e. The topological polar surface area (TPSA) is 77.5 Å². The third-order valence-electron chi connectivity index (χ3n) is 3.12. The molecule has 0 aliphatic carbocycles. The zero-order chi connectivity index (χ0) is 16.7. The zero-order valence-corrected chi connectivity index (χ0v) is 13.8. The Balaban J connectivity index is 2.22. The number of aryl methyl sites for hydroxylation is 1. The predicted molar refractivity (Wildman–Crippen MR) is 90.0 cm³/mol. The van der Waals surface area contributed by atoms with E-state index in [1.165, 1.54) is 0 Å². The molecule has 124 valence electrons. The Morgan fingerprint density at radius 2 is 1.78 bits per heavy atom. The third-order valence-corrected chi connectivity index (χ3v) is 3.12. The average Bonchev–Trinajstić information content (AvgIpc) is 2.54. The molecule has 0 bridgehead atoms. The van der Waals surface area contributed by atoms with E-state index in [2.05, 4.69) is 20.6 Å². The van der Waals surface area contributed by atoms with Gasteiger partial charge in [-0.05, 0) is 19.1 Å². The largest absolute Gasteiger partial charge is 0.497 e. The van der Waals surface area contributed by atoms with Crippen molar-refractivity contribution in [2.24, 2.45) is 0 Å². The summed E-state index contributed by atoms with van der Waals surface area (Å²) in [5, 5.41) is 6.43. The second-order valence-electron chi connectivity index (χ2n) is 4.80. The van der Waals surface area contributed by atoms with E-state index < -0.39 is 0 Å². The van der Waals surface area contributed by atoms with Crippen LogP contribution in [0.4, 0.5) is 17.3 Å². The zero-order valence-electron chi connectivity index (χ0n) is 13.8. The van der Waals surface area contributed by atoms with Crippen LogP contribution < -0.4 is 20.1 Å². The maximum atomic E-state index is 5.36. The summed E-state index contributed by atoms with van der Waals surface area (Å²) in [7, 11) is 4.91. The quantitative estimate of drug-likeness (QED) is 0.724. The summed E-state index contributed by atoms with van der Waals surface area (Å²) in [5.74, 6) is 3.51. The van der Waals surface area contributed by atoms with Gasteiger partial charge in [0.1, 0.15) is 29.0 Å². The van der Waals surface area contributed by atoms with Crippen LogP contribution in [-0.2, 0) is 4.74 Å². The number of aromatic nitrogens is 2. The van der Waals surface area contributed by atoms with Crippen LogP contribution in [0.25, 0.3) is 0 Å². The van der Waals surface area contributed by atoms with Gasteiger partial charge in [0, 0.05) is 25.8 Å². The molecule has 23 heavy (non-hydrogen) atoms. The van der Waals surface area contributed by atoms with Gasteiger partial charge in [-0.25, -0.2) is 9.97 Å². The van der Waals surface area contributed by atoms with Crippen molar-refractivity contribution >= 4 is 17.3 Å². The highest BCUT2D eigenvalue weighted by Crippen LogP contribution is 2.31. The molecule has 0 atom stereocenters. The molecule has 0 radical (unpaired) electrons. The highest BCUT2D eigenvalue weighted by atomic mass is 16.5. The molecule has 2 rings (SSSR count). The van der Waals surface area contributed by atoms with E-state index in [-0.39, 0.29) is 0 Å². The lowest BCUT2D eigenvalue weighted by molar-refractivity contribution is 0.210. The summed E-state index contributed by atoms with van der Waals surface area (Å²) < 4.78 is 15.6. The Kier molecular flexibility index (Phi) is 5.99. The minimum absolute atomic E-state index is 0.607. The second-order valence-corrected chi connectivity index (χ2v) is 4.80. The van der Waals surface area contributed by atoms with Gasteiger partial charge in [0.15, 0.2) is 0 Å². The number of anilines is 3. The van der Waals surface area contributed by atoms with E-state index in [1.54, 1.807) is 21.3 Å². The SMILES string of the molecule is COCCNc1cc(Nc2cc(OC)ccc2OC)nc(C)n1. The lowest BCUT2D eigenvalue weighted by atomic mass is 10.2. The molecular weight excluding hydrogens is 296 g/mol. The number of rotatable bonds is 8. The number of hydrogen-bond acceptors (Lipinski definition) is 7. The van der Waals surface area contributed by atoms with Crippen molar-refractivity contribution in [3.05, 3.63) is 30.1 Å². The van der Waals surface area contributed by atoms with Crippen LogP contribution in [0.5, 0.6) is 11.5 Å². The monoisotopic (exact) mass is 318 g/mol. The first-order valence-corrected chi connectivity index (χ1v) is 7.24. The van der Waals surface area contributed by atoms with Gasteiger partial charge in [-0.2, -0.15) is 0 Å².